The van der Waals surface area contributed by atoms with Crippen LogP contribution in [0.3, 0.4) is 0 Å². The van der Waals surface area contributed by atoms with Crippen molar-refractivity contribution in [1.82, 2.24) is 5.32 Å². The number of carbonyl (C=O) groups excluding carboxylic acids is 1. The first kappa shape index (κ1) is 17.6. The van der Waals surface area contributed by atoms with Crippen molar-refractivity contribution in [2.45, 2.75) is 52.6 Å². The molecule has 0 fully saturated rings. The minimum absolute atomic E-state index is 0.125. The maximum atomic E-state index is 13.1. The van der Waals surface area contributed by atoms with E-state index in [9.17, 15) is 9.18 Å². The maximum Gasteiger partial charge on any atom is 0.327 e. The average molecular weight is 295 g/mol. The van der Waals surface area contributed by atoms with Crippen molar-refractivity contribution < 1.29 is 13.9 Å². The summed E-state index contributed by atoms with van der Waals surface area (Å²) in [4.78, 5) is 12.1. The second kappa shape index (κ2) is 6.56. The Balaban J connectivity index is 2.99. The molecule has 1 aromatic rings. The zero-order valence-corrected chi connectivity index (χ0v) is 13.8. The number of hydrogen-bond acceptors (Lipinski definition) is 3. The molecular weight excluding hydrogens is 269 g/mol. The van der Waals surface area contributed by atoms with Gasteiger partial charge < -0.3 is 4.74 Å². The van der Waals surface area contributed by atoms with Gasteiger partial charge in [-0.25, -0.2) is 9.18 Å². The number of esters is 1. The molecule has 0 aliphatic heterocycles. The molecule has 1 atom stereocenters. The number of rotatable bonds is 5. The Bertz CT molecular complexity index is 475. The highest BCUT2D eigenvalue weighted by molar-refractivity contribution is 5.77. The van der Waals surface area contributed by atoms with Gasteiger partial charge >= 0.3 is 5.97 Å². The van der Waals surface area contributed by atoms with Crippen LogP contribution in [-0.2, 0) is 9.53 Å². The highest BCUT2D eigenvalue weighted by Crippen LogP contribution is 2.29. The zero-order valence-electron chi connectivity index (χ0n) is 13.8. The van der Waals surface area contributed by atoms with E-state index in [0.29, 0.717) is 5.56 Å². The molecule has 1 rings (SSSR count). The number of hydrogen-bond donors (Lipinski definition) is 1. The summed E-state index contributed by atoms with van der Waals surface area (Å²) < 4.78 is 17.9. The minimum Gasteiger partial charge on any atom is -0.468 e. The lowest BCUT2D eigenvalue weighted by Gasteiger charge is -2.36. The molecule has 118 valence electrons. The molecule has 4 heteroatoms. The Morgan fingerprint density at radius 1 is 1.19 bits per heavy atom. The SMILES string of the molecule is COC(=O)C(NC(C)(C)CC(C)(C)C)c1ccc(F)cc1. The van der Waals surface area contributed by atoms with Gasteiger partial charge in [-0.05, 0) is 43.4 Å². The molecule has 0 aromatic heterocycles. The van der Waals surface area contributed by atoms with E-state index in [-0.39, 0.29) is 22.7 Å². The molecule has 0 aliphatic carbocycles. The molecule has 0 saturated heterocycles. The van der Waals surface area contributed by atoms with Crippen LogP contribution in [-0.4, -0.2) is 18.6 Å². The average Bonchev–Trinajstić information content (AvgIpc) is 2.33. The fraction of sp³-hybridized carbons (Fsp3) is 0.588. The quantitative estimate of drug-likeness (QED) is 0.839. The maximum absolute atomic E-state index is 13.1. The number of carbonyl (C=O) groups is 1. The summed E-state index contributed by atoms with van der Waals surface area (Å²) in [7, 11) is 1.36. The molecule has 1 aromatic carbocycles. The largest absolute Gasteiger partial charge is 0.468 e. The van der Waals surface area contributed by atoms with E-state index in [2.05, 4.69) is 39.9 Å². The van der Waals surface area contributed by atoms with Gasteiger partial charge in [0.25, 0.3) is 0 Å². The van der Waals surface area contributed by atoms with Crippen molar-refractivity contribution in [2.75, 3.05) is 7.11 Å². The van der Waals surface area contributed by atoms with E-state index in [1.165, 1.54) is 19.2 Å². The van der Waals surface area contributed by atoms with Crippen molar-refractivity contribution in [3.63, 3.8) is 0 Å². The van der Waals surface area contributed by atoms with E-state index in [0.717, 1.165) is 6.42 Å². The monoisotopic (exact) mass is 295 g/mol. The van der Waals surface area contributed by atoms with Gasteiger partial charge in [0.15, 0.2) is 0 Å². The summed E-state index contributed by atoms with van der Waals surface area (Å²) in [6.45, 7) is 10.6. The number of benzene rings is 1. The normalized spacial score (nSPS) is 13.9. The lowest BCUT2D eigenvalue weighted by atomic mass is 9.81. The van der Waals surface area contributed by atoms with Crippen molar-refractivity contribution in [1.29, 1.82) is 0 Å². The molecule has 0 bridgehead atoms. The van der Waals surface area contributed by atoms with Crippen LogP contribution in [0.15, 0.2) is 24.3 Å². The molecule has 3 nitrogen and oxygen atoms in total. The van der Waals surface area contributed by atoms with E-state index in [1.54, 1.807) is 12.1 Å². The first-order chi connectivity index (χ1) is 9.54. The van der Waals surface area contributed by atoms with Crippen molar-refractivity contribution in [2.24, 2.45) is 5.41 Å². The summed E-state index contributed by atoms with van der Waals surface area (Å²) in [6, 6.07) is 5.31. The van der Waals surface area contributed by atoms with Crippen LogP contribution in [0.4, 0.5) is 4.39 Å². The Morgan fingerprint density at radius 2 is 1.71 bits per heavy atom. The summed E-state index contributed by atoms with van der Waals surface area (Å²) in [5.74, 6) is -0.695. The van der Waals surface area contributed by atoms with Gasteiger partial charge in [-0.1, -0.05) is 32.9 Å². The molecule has 0 spiro atoms. The van der Waals surface area contributed by atoms with Gasteiger partial charge in [0.1, 0.15) is 11.9 Å². The highest BCUT2D eigenvalue weighted by atomic mass is 19.1. The minimum atomic E-state index is -0.604. The second-order valence-corrected chi connectivity index (χ2v) is 7.27. The Morgan fingerprint density at radius 3 is 2.14 bits per heavy atom. The predicted molar refractivity (Wildman–Crippen MR) is 82.4 cm³/mol. The summed E-state index contributed by atoms with van der Waals surface area (Å²) in [6.07, 6.45) is 0.884. The van der Waals surface area contributed by atoms with Crippen LogP contribution >= 0.6 is 0 Å². The molecule has 0 saturated carbocycles. The third kappa shape index (κ3) is 5.84. The molecule has 0 heterocycles. The summed E-state index contributed by atoms with van der Waals surface area (Å²) in [5, 5.41) is 3.34. The molecule has 1 N–H and O–H groups in total. The van der Waals surface area contributed by atoms with Gasteiger partial charge in [0, 0.05) is 5.54 Å². The number of methoxy groups -OCH3 is 1. The zero-order chi connectivity index (χ0) is 16.3. The summed E-state index contributed by atoms with van der Waals surface area (Å²) in [5.41, 5.74) is 0.566. The van der Waals surface area contributed by atoms with Gasteiger partial charge in [0.2, 0.25) is 0 Å². The molecule has 1 unspecified atom stereocenters. The van der Waals surface area contributed by atoms with Crippen LogP contribution in [0.25, 0.3) is 0 Å². The van der Waals surface area contributed by atoms with Gasteiger partial charge in [-0.2, -0.15) is 0 Å². The first-order valence-corrected chi connectivity index (χ1v) is 7.15. The highest BCUT2D eigenvalue weighted by Gasteiger charge is 2.31. The van der Waals surface area contributed by atoms with Crippen LogP contribution < -0.4 is 5.32 Å². The first-order valence-electron chi connectivity index (χ1n) is 7.15. The van der Waals surface area contributed by atoms with Crippen LogP contribution in [0.5, 0.6) is 0 Å². The Labute approximate surface area is 126 Å². The number of ether oxygens (including phenoxy) is 1. The molecule has 0 radical (unpaired) electrons. The number of nitrogens with one attached hydrogen (secondary N) is 1. The van der Waals surface area contributed by atoms with Gasteiger partial charge in [-0.3, -0.25) is 5.32 Å². The fourth-order valence-corrected chi connectivity index (χ4v) is 2.82. The van der Waals surface area contributed by atoms with E-state index in [1.807, 2.05) is 0 Å². The predicted octanol–water partition coefficient (Wildman–Crippen LogP) is 3.84. The Kier molecular flexibility index (Phi) is 5.51. The van der Waals surface area contributed by atoms with Crippen LogP contribution in [0.2, 0.25) is 0 Å². The Hall–Kier alpha value is -1.42. The third-order valence-electron chi connectivity index (χ3n) is 3.15. The molecule has 21 heavy (non-hydrogen) atoms. The lowest BCUT2D eigenvalue weighted by molar-refractivity contribution is -0.144. The lowest BCUT2D eigenvalue weighted by Crippen LogP contribution is -2.47. The molecule has 0 aliphatic rings. The summed E-state index contributed by atoms with van der Waals surface area (Å²) >= 11 is 0. The van der Waals surface area contributed by atoms with Crippen LogP contribution in [0, 0.1) is 11.2 Å². The standard InChI is InChI=1S/C17H26FNO2/c1-16(2,3)11-17(4,5)19-14(15(20)21-6)12-7-9-13(18)10-8-12/h7-10,14,19H,11H2,1-6H3. The van der Waals surface area contributed by atoms with Crippen molar-refractivity contribution in [3.05, 3.63) is 35.6 Å². The van der Waals surface area contributed by atoms with Gasteiger partial charge in [0.05, 0.1) is 7.11 Å². The fourth-order valence-electron chi connectivity index (χ4n) is 2.82. The topological polar surface area (TPSA) is 38.3 Å². The van der Waals surface area contributed by atoms with Crippen molar-refractivity contribution in [3.8, 4) is 0 Å². The smallest absolute Gasteiger partial charge is 0.327 e. The second-order valence-electron chi connectivity index (χ2n) is 7.27. The number of halogens is 1. The van der Waals surface area contributed by atoms with E-state index in [4.69, 9.17) is 4.74 Å². The molecule has 0 amide bonds. The van der Waals surface area contributed by atoms with Crippen molar-refractivity contribution >= 4 is 5.97 Å². The van der Waals surface area contributed by atoms with Crippen LogP contribution in [0.1, 0.15) is 52.6 Å². The van der Waals surface area contributed by atoms with E-state index < -0.39 is 6.04 Å². The van der Waals surface area contributed by atoms with E-state index >= 15 is 0 Å². The van der Waals surface area contributed by atoms with Gasteiger partial charge in [-0.15, -0.1) is 0 Å². The molecular formula is C17H26FNO2. The third-order valence-corrected chi connectivity index (χ3v) is 3.15.